The van der Waals surface area contributed by atoms with E-state index in [0.717, 1.165) is 19.3 Å². The first-order valence-corrected chi connectivity index (χ1v) is 11.3. The van der Waals surface area contributed by atoms with Gasteiger partial charge >= 0.3 is 0 Å². The summed E-state index contributed by atoms with van der Waals surface area (Å²) in [5.41, 5.74) is 2.48. The Morgan fingerprint density at radius 2 is 0.946 bits per heavy atom. The molecule has 1 saturated heterocycles. The summed E-state index contributed by atoms with van der Waals surface area (Å²) in [6, 6.07) is 17.4. The summed E-state index contributed by atoms with van der Waals surface area (Å²) in [6.45, 7) is 7.17. The molecule has 0 bridgehead atoms. The number of likely N-dealkylation sites (tertiary alicyclic amines) is 1. The van der Waals surface area contributed by atoms with Crippen molar-refractivity contribution < 1.29 is 19.2 Å². The third-order valence-corrected chi connectivity index (χ3v) is 5.18. The van der Waals surface area contributed by atoms with E-state index >= 15 is 0 Å². The van der Waals surface area contributed by atoms with Crippen molar-refractivity contribution in [2.24, 2.45) is 0 Å². The number of rotatable bonds is 5. The van der Waals surface area contributed by atoms with E-state index in [4.69, 9.17) is 0 Å². The normalized spacial score (nSPS) is 12.6. The van der Waals surface area contributed by atoms with Crippen molar-refractivity contribution in [2.45, 2.75) is 90.0 Å². The Bertz CT molecular complexity index is 890. The molecule has 4 amide bonds. The van der Waals surface area contributed by atoms with Gasteiger partial charge in [0.2, 0.25) is 11.8 Å². The number of benzene rings is 2. The molecule has 2 heterocycles. The summed E-state index contributed by atoms with van der Waals surface area (Å²) in [5, 5.41) is 0. The molecular weight excluding hydrogens is 464 g/mol. The fourth-order valence-corrected chi connectivity index (χ4v) is 3.48. The fourth-order valence-electron chi connectivity index (χ4n) is 3.48. The minimum Gasteiger partial charge on any atom is -0.283 e. The average Bonchev–Trinajstić information content (AvgIpc) is 3.27. The molecule has 0 N–H and O–H groups in total. The molecule has 0 radical (unpaired) electrons. The van der Waals surface area contributed by atoms with Gasteiger partial charge in [-0.1, -0.05) is 100 Å². The molecule has 1 fully saturated rings. The van der Waals surface area contributed by atoms with Crippen molar-refractivity contribution >= 4 is 23.6 Å². The van der Waals surface area contributed by atoms with E-state index < -0.39 is 0 Å². The SMILES string of the molecule is C.C.C.C.C.CCCN1C(=O)CCC1=O.CCCN1C(=O)c2ccccc2C1=O.CCc1ccccc1. The van der Waals surface area contributed by atoms with Gasteiger partial charge < -0.3 is 0 Å². The van der Waals surface area contributed by atoms with E-state index in [0.29, 0.717) is 37.1 Å². The van der Waals surface area contributed by atoms with Gasteiger partial charge in [-0.3, -0.25) is 29.0 Å². The van der Waals surface area contributed by atoms with Crippen LogP contribution in [0.15, 0.2) is 54.6 Å². The maximum Gasteiger partial charge on any atom is 0.261 e. The number of aryl methyl sites for hydroxylation is 1. The Morgan fingerprint density at radius 3 is 1.30 bits per heavy atom. The Balaban J connectivity index is -0.000000214. The van der Waals surface area contributed by atoms with Crippen LogP contribution in [0.5, 0.6) is 0 Å². The van der Waals surface area contributed by atoms with Gasteiger partial charge in [0.1, 0.15) is 0 Å². The molecule has 0 atom stereocenters. The van der Waals surface area contributed by atoms with Crippen LogP contribution >= 0.6 is 0 Å². The molecule has 0 unspecified atom stereocenters. The lowest BCUT2D eigenvalue weighted by Crippen LogP contribution is -2.30. The number of nitrogens with zero attached hydrogens (tertiary/aromatic N) is 2. The quantitative estimate of drug-likeness (QED) is 0.382. The van der Waals surface area contributed by atoms with Crippen LogP contribution in [0.2, 0.25) is 0 Å². The third-order valence-electron chi connectivity index (χ3n) is 5.18. The standard InChI is InChI=1S/C11H11NO2.C8H10.C7H11NO2.5CH4/c1-2-7-12-10(13)8-5-3-4-6-9(8)11(12)14;1-2-8-6-4-3-5-7-8;1-2-5-8-6(9)3-4-7(8)10;;;;;/h3-6H,2,7H2,1H3;3-7H,2H2,1H3;2-5H2,1H3;5*1H4. The van der Waals surface area contributed by atoms with Crippen LogP contribution in [0.25, 0.3) is 0 Å². The van der Waals surface area contributed by atoms with Crippen molar-refractivity contribution in [2.75, 3.05) is 13.1 Å². The Hall–Kier alpha value is -3.28. The van der Waals surface area contributed by atoms with Gasteiger partial charge in [0.05, 0.1) is 11.1 Å². The van der Waals surface area contributed by atoms with Crippen LogP contribution in [0, 0.1) is 0 Å². The second-order valence-corrected chi connectivity index (χ2v) is 7.59. The fraction of sp³-hybridized carbons (Fsp3) is 0.484. The third kappa shape index (κ3) is 11.1. The second kappa shape index (κ2) is 20.9. The highest BCUT2D eigenvalue weighted by Crippen LogP contribution is 2.22. The van der Waals surface area contributed by atoms with Crippen molar-refractivity contribution in [1.82, 2.24) is 9.80 Å². The van der Waals surface area contributed by atoms with Crippen LogP contribution in [0.3, 0.4) is 0 Å². The molecule has 0 saturated carbocycles. The molecule has 2 aliphatic rings. The number of imide groups is 2. The molecule has 6 heteroatoms. The maximum atomic E-state index is 11.7. The predicted molar refractivity (Wildman–Crippen MR) is 158 cm³/mol. The van der Waals surface area contributed by atoms with Gasteiger partial charge in [-0.15, -0.1) is 0 Å². The number of hydrogen-bond donors (Lipinski definition) is 0. The molecule has 2 aliphatic heterocycles. The molecule has 6 nitrogen and oxygen atoms in total. The van der Waals surface area contributed by atoms with E-state index in [2.05, 4.69) is 31.2 Å². The predicted octanol–water partition coefficient (Wildman–Crippen LogP) is 7.67. The van der Waals surface area contributed by atoms with E-state index in [1.807, 2.05) is 19.9 Å². The van der Waals surface area contributed by atoms with Gasteiger partial charge in [-0.2, -0.15) is 0 Å². The van der Waals surface area contributed by atoms with Crippen molar-refractivity contribution in [3.05, 3.63) is 71.3 Å². The van der Waals surface area contributed by atoms with Crippen molar-refractivity contribution in [1.29, 1.82) is 0 Å². The summed E-state index contributed by atoms with van der Waals surface area (Å²) >= 11 is 0. The van der Waals surface area contributed by atoms with E-state index in [9.17, 15) is 19.2 Å². The Morgan fingerprint density at radius 1 is 0.568 bits per heavy atom. The molecule has 0 aromatic heterocycles. The number of fused-ring (bicyclic) bond motifs is 1. The van der Waals surface area contributed by atoms with Gasteiger partial charge in [0.15, 0.2) is 0 Å². The highest BCUT2D eigenvalue weighted by Gasteiger charge is 2.34. The lowest BCUT2D eigenvalue weighted by molar-refractivity contribution is -0.138. The molecule has 2 aromatic rings. The highest BCUT2D eigenvalue weighted by molar-refractivity contribution is 6.21. The second-order valence-electron chi connectivity index (χ2n) is 7.59. The monoisotopic (exact) mass is 516 g/mol. The molecular formula is C31H52N2O4. The van der Waals surface area contributed by atoms with E-state index in [-0.39, 0.29) is 60.8 Å². The highest BCUT2D eigenvalue weighted by atomic mass is 16.2. The first-order chi connectivity index (χ1) is 15.4. The van der Waals surface area contributed by atoms with Crippen LogP contribution in [0.4, 0.5) is 0 Å². The zero-order chi connectivity index (χ0) is 23.5. The zero-order valence-corrected chi connectivity index (χ0v) is 19.2. The van der Waals surface area contributed by atoms with Crippen LogP contribution in [-0.2, 0) is 16.0 Å². The lowest BCUT2D eigenvalue weighted by Gasteiger charge is -2.11. The van der Waals surface area contributed by atoms with Crippen LogP contribution < -0.4 is 0 Å². The number of amides is 4. The van der Waals surface area contributed by atoms with Crippen molar-refractivity contribution in [3.63, 3.8) is 0 Å². The van der Waals surface area contributed by atoms with Crippen molar-refractivity contribution in [3.8, 4) is 0 Å². The number of hydrogen-bond acceptors (Lipinski definition) is 4. The summed E-state index contributed by atoms with van der Waals surface area (Å²) in [7, 11) is 0. The smallest absolute Gasteiger partial charge is 0.261 e. The van der Waals surface area contributed by atoms with Crippen LogP contribution in [0.1, 0.15) is 110 Å². The van der Waals surface area contributed by atoms with E-state index in [1.165, 1.54) is 15.4 Å². The first kappa shape index (κ1) is 40.9. The lowest BCUT2D eigenvalue weighted by atomic mass is 10.1. The Kier molecular flexibility index (Phi) is 23.1. The summed E-state index contributed by atoms with van der Waals surface area (Å²) in [5.74, 6) is -0.335. The topological polar surface area (TPSA) is 74.8 Å². The summed E-state index contributed by atoms with van der Waals surface area (Å²) in [6.07, 6.45) is 3.63. The number of carbonyl (C=O) groups excluding carboxylic acids is 4. The van der Waals surface area contributed by atoms with Gasteiger partial charge in [-0.05, 0) is 37.0 Å². The molecule has 2 aromatic carbocycles. The van der Waals surface area contributed by atoms with Gasteiger partial charge in [-0.25, -0.2) is 0 Å². The first-order valence-electron chi connectivity index (χ1n) is 11.3. The molecule has 210 valence electrons. The zero-order valence-electron chi connectivity index (χ0n) is 19.2. The number of carbonyl (C=O) groups is 4. The minimum atomic E-state index is -0.160. The molecule has 37 heavy (non-hydrogen) atoms. The molecule has 0 spiro atoms. The van der Waals surface area contributed by atoms with Crippen LogP contribution in [-0.4, -0.2) is 46.5 Å². The maximum absolute atomic E-state index is 11.7. The summed E-state index contributed by atoms with van der Waals surface area (Å²) < 4.78 is 0. The Labute approximate surface area is 227 Å². The molecule has 4 rings (SSSR count). The summed E-state index contributed by atoms with van der Waals surface area (Å²) in [4.78, 5) is 47.8. The largest absolute Gasteiger partial charge is 0.283 e. The van der Waals surface area contributed by atoms with E-state index in [1.54, 1.807) is 24.3 Å². The minimum absolute atomic E-state index is 0. The molecule has 0 aliphatic carbocycles. The van der Waals surface area contributed by atoms with Gasteiger partial charge in [0, 0.05) is 25.9 Å². The van der Waals surface area contributed by atoms with Gasteiger partial charge in [0.25, 0.3) is 11.8 Å². The average molecular weight is 517 g/mol.